The smallest absolute Gasteiger partial charge is 0.326 e. The number of thioether (sulfide) groups is 1. The third-order valence-electron chi connectivity index (χ3n) is 2.72. The third-order valence-corrected chi connectivity index (χ3v) is 4.00. The fourth-order valence-electron chi connectivity index (χ4n) is 1.79. The second-order valence-corrected chi connectivity index (χ2v) is 5.11. The Hall–Kier alpha value is -1.22. The van der Waals surface area contributed by atoms with Gasteiger partial charge in [0, 0.05) is 6.54 Å². The van der Waals surface area contributed by atoms with E-state index in [0.29, 0.717) is 12.3 Å². The van der Waals surface area contributed by atoms with Gasteiger partial charge in [-0.25, -0.2) is 0 Å². The normalized spacial score (nSPS) is 20.6. The fraction of sp³-hybridized carbons (Fsp3) is 0.750. The van der Waals surface area contributed by atoms with E-state index in [9.17, 15) is 9.59 Å². The van der Waals surface area contributed by atoms with Crippen molar-refractivity contribution in [2.24, 2.45) is 5.92 Å². The molecule has 1 unspecified atom stereocenters. The number of hydrogen-bond acceptors (Lipinski definition) is 5. The summed E-state index contributed by atoms with van der Waals surface area (Å²) in [6.45, 7) is 4.59. The molecule has 0 saturated carbocycles. The van der Waals surface area contributed by atoms with Gasteiger partial charge in [0.1, 0.15) is 5.37 Å². The van der Waals surface area contributed by atoms with E-state index in [2.05, 4.69) is 0 Å². The van der Waals surface area contributed by atoms with Crippen LogP contribution in [0, 0.1) is 17.2 Å². The lowest BCUT2D eigenvalue weighted by Crippen LogP contribution is -2.41. The monoisotopic (exact) mass is 270 g/mol. The lowest BCUT2D eigenvalue weighted by atomic mass is 10.1. The van der Waals surface area contributed by atoms with Gasteiger partial charge in [-0.1, -0.05) is 13.3 Å². The summed E-state index contributed by atoms with van der Waals surface area (Å²) in [4.78, 5) is 25.1. The predicted molar refractivity (Wildman–Crippen MR) is 68.6 cm³/mol. The van der Waals surface area contributed by atoms with E-state index in [0.717, 1.165) is 12.8 Å². The van der Waals surface area contributed by atoms with Crippen molar-refractivity contribution in [3.63, 3.8) is 0 Å². The van der Waals surface area contributed by atoms with Crippen molar-refractivity contribution in [2.75, 3.05) is 18.9 Å². The van der Waals surface area contributed by atoms with Crippen molar-refractivity contribution in [1.82, 2.24) is 4.90 Å². The van der Waals surface area contributed by atoms with Crippen LogP contribution in [-0.2, 0) is 14.3 Å². The van der Waals surface area contributed by atoms with Crippen LogP contribution in [0.2, 0.25) is 0 Å². The number of amides is 1. The lowest BCUT2D eigenvalue weighted by molar-refractivity contribution is -0.147. The molecule has 0 bridgehead atoms. The molecular formula is C12H18N2O3S. The zero-order valence-corrected chi connectivity index (χ0v) is 11.5. The highest BCUT2D eigenvalue weighted by Gasteiger charge is 2.41. The Bertz CT molecular complexity index is 354. The van der Waals surface area contributed by atoms with Crippen LogP contribution in [0.5, 0.6) is 0 Å². The number of esters is 1. The average Bonchev–Trinajstić information content (AvgIpc) is 2.70. The minimum Gasteiger partial charge on any atom is -0.465 e. The van der Waals surface area contributed by atoms with E-state index < -0.39 is 17.3 Å². The largest absolute Gasteiger partial charge is 0.465 e. The molecule has 0 aromatic carbocycles. The molecule has 1 saturated heterocycles. The van der Waals surface area contributed by atoms with Gasteiger partial charge in [-0.15, -0.1) is 11.8 Å². The van der Waals surface area contributed by atoms with Crippen LogP contribution < -0.4 is 0 Å². The number of hydrogen-bond donors (Lipinski definition) is 0. The molecule has 2 atom stereocenters. The molecule has 0 N–H and O–H groups in total. The molecule has 6 heteroatoms. The van der Waals surface area contributed by atoms with Gasteiger partial charge in [-0.2, -0.15) is 5.26 Å². The highest BCUT2D eigenvalue weighted by molar-refractivity contribution is 8.01. The van der Waals surface area contributed by atoms with Crippen molar-refractivity contribution in [3.8, 4) is 6.07 Å². The Morgan fingerprint density at radius 2 is 2.39 bits per heavy atom. The van der Waals surface area contributed by atoms with Gasteiger partial charge >= 0.3 is 5.97 Å². The molecular weight excluding hydrogens is 252 g/mol. The first-order chi connectivity index (χ1) is 8.65. The molecule has 5 nitrogen and oxygen atoms in total. The van der Waals surface area contributed by atoms with E-state index in [1.165, 1.54) is 11.8 Å². The number of carbonyl (C=O) groups excluding carboxylic acids is 2. The molecule has 0 aliphatic carbocycles. The van der Waals surface area contributed by atoms with Crippen LogP contribution in [0.25, 0.3) is 0 Å². The maximum Gasteiger partial charge on any atom is 0.326 e. The first-order valence-electron chi connectivity index (χ1n) is 6.13. The Morgan fingerprint density at radius 1 is 1.67 bits per heavy atom. The molecule has 0 radical (unpaired) electrons. The van der Waals surface area contributed by atoms with Crippen molar-refractivity contribution < 1.29 is 14.3 Å². The number of unbranched alkanes of at least 4 members (excludes halogenated alkanes) is 1. The number of nitrogens with zero attached hydrogens (tertiary/aromatic N) is 2. The van der Waals surface area contributed by atoms with E-state index in [-0.39, 0.29) is 12.5 Å². The van der Waals surface area contributed by atoms with Crippen molar-refractivity contribution >= 4 is 23.6 Å². The number of nitriles is 1. The molecule has 18 heavy (non-hydrogen) atoms. The lowest BCUT2D eigenvalue weighted by Gasteiger charge is -2.25. The summed E-state index contributed by atoms with van der Waals surface area (Å²) in [5.41, 5.74) is 0. The summed E-state index contributed by atoms with van der Waals surface area (Å²) in [5, 5.41) is 8.72. The van der Waals surface area contributed by atoms with Gasteiger partial charge in [0.15, 0.2) is 5.92 Å². The van der Waals surface area contributed by atoms with E-state index in [4.69, 9.17) is 10.00 Å². The third kappa shape index (κ3) is 3.39. The Kier molecular flexibility index (Phi) is 5.99. The van der Waals surface area contributed by atoms with Crippen LogP contribution in [0.1, 0.15) is 26.7 Å². The quantitative estimate of drug-likeness (QED) is 0.682. The minimum absolute atomic E-state index is 0.00278. The summed E-state index contributed by atoms with van der Waals surface area (Å²) in [6.07, 6.45) is 1.85. The van der Waals surface area contributed by atoms with Crippen molar-refractivity contribution in [3.05, 3.63) is 0 Å². The van der Waals surface area contributed by atoms with Crippen LogP contribution in [0.3, 0.4) is 0 Å². The zero-order valence-electron chi connectivity index (χ0n) is 10.7. The molecule has 1 fully saturated rings. The molecule has 0 aromatic heterocycles. The molecule has 1 amide bonds. The van der Waals surface area contributed by atoms with E-state index in [1.54, 1.807) is 11.8 Å². The first-order valence-corrected chi connectivity index (χ1v) is 7.17. The van der Waals surface area contributed by atoms with Crippen LogP contribution in [0.4, 0.5) is 0 Å². The van der Waals surface area contributed by atoms with Crippen LogP contribution >= 0.6 is 11.8 Å². The standard InChI is InChI=1S/C12H18N2O3S/c1-3-5-6-14-10(15)8-18-11(14)9(7-13)12(16)17-4-2/h9,11H,3-6,8H2,1-2H3/t9-,11?/m0/s1. The van der Waals surface area contributed by atoms with Gasteiger partial charge in [-0.05, 0) is 13.3 Å². The summed E-state index contributed by atoms with van der Waals surface area (Å²) in [6, 6.07) is 1.97. The van der Waals surface area contributed by atoms with E-state index in [1.807, 2.05) is 13.0 Å². The summed E-state index contributed by atoms with van der Waals surface area (Å²) in [7, 11) is 0. The second-order valence-electron chi connectivity index (χ2n) is 4.00. The summed E-state index contributed by atoms with van der Waals surface area (Å²) >= 11 is 1.35. The predicted octanol–water partition coefficient (Wildman–Crippen LogP) is 1.39. The molecule has 1 heterocycles. The summed E-state index contributed by atoms with van der Waals surface area (Å²) in [5.74, 6) is -1.08. The molecule has 1 rings (SSSR count). The van der Waals surface area contributed by atoms with Crippen molar-refractivity contribution in [2.45, 2.75) is 32.1 Å². The average molecular weight is 270 g/mol. The zero-order chi connectivity index (χ0) is 13.5. The van der Waals surface area contributed by atoms with Gasteiger partial charge < -0.3 is 9.64 Å². The SMILES string of the molecule is CCCCN1C(=O)CSC1[C@H](C#N)C(=O)OCC. The first kappa shape index (κ1) is 14.8. The second kappa shape index (κ2) is 7.27. The number of ether oxygens (including phenoxy) is 1. The highest BCUT2D eigenvalue weighted by Crippen LogP contribution is 2.31. The molecule has 1 aliphatic heterocycles. The Labute approximate surface area is 111 Å². The molecule has 0 spiro atoms. The molecule has 100 valence electrons. The fourth-order valence-corrected chi connectivity index (χ4v) is 3.04. The highest BCUT2D eigenvalue weighted by atomic mass is 32.2. The number of carbonyl (C=O) groups is 2. The summed E-state index contributed by atoms with van der Waals surface area (Å²) < 4.78 is 4.88. The van der Waals surface area contributed by atoms with Crippen molar-refractivity contribution in [1.29, 1.82) is 5.26 Å². The number of rotatable bonds is 6. The molecule has 1 aliphatic rings. The van der Waals surface area contributed by atoms with E-state index >= 15 is 0 Å². The van der Waals surface area contributed by atoms with Gasteiger partial charge in [0.25, 0.3) is 0 Å². The maximum atomic E-state index is 11.7. The maximum absolute atomic E-state index is 11.7. The topological polar surface area (TPSA) is 70.4 Å². The Balaban J connectivity index is 2.75. The minimum atomic E-state index is -0.891. The van der Waals surface area contributed by atoms with Gasteiger partial charge in [0.05, 0.1) is 18.4 Å². The molecule has 0 aromatic rings. The van der Waals surface area contributed by atoms with Gasteiger partial charge in [-0.3, -0.25) is 9.59 Å². The van der Waals surface area contributed by atoms with Crippen LogP contribution in [0.15, 0.2) is 0 Å². The van der Waals surface area contributed by atoms with Crippen LogP contribution in [-0.4, -0.2) is 41.1 Å². The van der Waals surface area contributed by atoms with Gasteiger partial charge in [0.2, 0.25) is 5.91 Å². The Morgan fingerprint density at radius 3 is 2.94 bits per heavy atom.